The molecule has 1 aromatic rings. The van der Waals surface area contributed by atoms with Gasteiger partial charge in [0, 0.05) is 17.8 Å². The number of amides is 1. The molecule has 0 unspecified atom stereocenters. The molecule has 0 heterocycles. The van der Waals surface area contributed by atoms with Crippen molar-refractivity contribution in [3.05, 3.63) is 29.8 Å². The highest BCUT2D eigenvalue weighted by atomic mass is 16.1. The zero-order valence-corrected chi connectivity index (χ0v) is 10.5. The van der Waals surface area contributed by atoms with Crippen molar-refractivity contribution < 1.29 is 4.79 Å². The predicted molar refractivity (Wildman–Crippen MR) is 70.7 cm³/mol. The van der Waals surface area contributed by atoms with Crippen LogP contribution in [0.3, 0.4) is 0 Å². The topological polar surface area (TPSA) is 81.1 Å². The third-order valence-electron chi connectivity index (χ3n) is 3.27. The Morgan fingerprint density at radius 3 is 2.47 bits per heavy atom. The van der Waals surface area contributed by atoms with Crippen LogP contribution in [0.25, 0.3) is 0 Å². The smallest absolute Gasteiger partial charge is 0.251 e. The number of rotatable bonds is 5. The maximum atomic E-state index is 12.1. The van der Waals surface area contributed by atoms with Crippen LogP contribution in [-0.2, 0) is 0 Å². The lowest BCUT2D eigenvalue weighted by Crippen LogP contribution is -2.52. The van der Waals surface area contributed by atoms with Crippen LogP contribution in [0.4, 0.5) is 5.69 Å². The van der Waals surface area contributed by atoms with Crippen molar-refractivity contribution in [3.63, 3.8) is 0 Å². The molecule has 0 spiro atoms. The van der Waals surface area contributed by atoms with Crippen molar-refractivity contribution >= 4 is 11.6 Å². The van der Waals surface area contributed by atoms with Crippen LogP contribution < -0.4 is 16.8 Å². The number of nitrogen functional groups attached to an aromatic ring is 1. The van der Waals surface area contributed by atoms with Gasteiger partial charge < -0.3 is 16.8 Å². The Balaban J connectivity index is 2.84. The highest BCUT2D eigenvalue weighted by molar-refractivity contribution is 5.95. The van der Waals surface area contributed by atoms with Crippen LogP contribution in [0.5, 0.6) is 0 Å². The highest BCUT2D eigenvalue weighted by Crippen LogP contribution is 2.15. The maximum absolute atomic E-state index is 12.1. The summed E-state index contributed by atoms with van der Waals surface area (Å²) in [5, 5.41) is 3.00. The van der Waals surface area contributed by atoms with E-state index < -0.39 is 0 Å². The van der Waals surface area contributed by atoms with Gasteiger partial charge in [0.25, 0.3) is 5.91 Å². The summed E-state index contributed by atoms with van der Waals surface area (Å²) >= 11 is 0. The van der Waals surface area contributed by atoms with Gasteiger partial charge in [0.2, 0.25) is 0 Å². The third kappa shape index (κ3) is 3.20. The van der Waals surface area contributed by atoms with Crippen LogP contribution in [0.1, 0.15) is 37.0 Å². The molecule has 0 saturated carbocycles. The van der Waals surface area contributed by atoms with E-state index in [1.165, 1.54) is 0 Å². The minimum Gasteiger partial charge on any atom is -0.399 e. The van der Waals surface area contributed by atoms with Crippen molar-refractivity contribution in [1.82, 2.24) is 5.32 Å². The molecule has 17 heavy (non-hydrogen) atoms. The average molecular weight is 235 g/mol. The lowest BCUT2D eigenvalue weighted by molar-refractivity contribution is 0.0895. The minimum absolute atomic E-state index is 0.119. The van der Waals surface area contributed by atoms with Crippen LogP contribution >= 0.6 is 0 Å². The summed E-state index contributed by atoms with van der Waals surface area (Å²) in [6.45, 7) is 4.49. The number of nitrogens with two attached hydrogens (primary N) is 2. The summed E-state index contributed by atoms with van der Waals surface area (Å²) in [5.74, 6) is -0.119. The summed E-state index contributed by atoms with van der Waals surface area (Å²) in [7, 11) is 0. The summed E-state index contributed by atoms with van der Waals surface area (Å²) in [6.07, 6.45) is 1.63. The van der Waals surface area contributed by atoms with E-state index in [9.17, 15) is 4.79 Å². The quantitative estimate of drug-likeness (QED) is 0.677. The van der Waals surface area contributed by atoms with Gasteiger partial charge in [0.15, 0.2) is 0 Å². The molecule has 1 amide bonds. The Kier molecular flexibility index (Phi) is 4.52. The second kappa shape index (κ2) is 5.68. The summed E-state index contributed by atoms with van der Waals surface area (Å²) in [4.78, 5) is 12.1. The summed E-state index contributed by atoms with van der Waals surface area (Å²) in [6, 6.07) is 6.94. The first-order valence-corrected chi connectivity index (χ1v) is 5.95. The first kappa shape index (κ1) is 13.5. The lowest BCUT2D eigenvalue weighted by atomic mass is 9.92. The first-order valence-electron chi connectivity index (χ1n) is 5.95. The number of hydrogen-bond donors (Lipinski definition) is 3. The number of anilines is 1. The van der Waals surface area contributed by atoms with E-state index in [-0.39, 0.29) is 11.4 Å². The van der Waals surface area contributed by atoms with Crippen molar-refractivity contribution in [2.45, 2.75) is 32.2 Å². The fourth-order valence-electron chi connectivity index (χ4n) is 1.76. The van der Waals surface area contributed by atoms with Crippen LogP contribution in [0, 0.1) is 0 Å². The van der Waals surface area contributed by atoms with E-state index in [0.29, 0.717) is 17.8 Å². The number of carbonyl (C=O) groups excluding carboxylic acids is 1. The van der Waals surface area contributed by atoms with Gasteiger partial charge in [-0.15, -0.1) is 0 Å². The Hall–Kier alpha value is -1.55. The van der Waals surface area contributed by atoms with Gasteiger partial charge in [-0.1, -0.05) is 19.9 Å². The number of benzene rings is 1. The molecule has 0 bridgehead atoms. The molecule has 0 saturated heterocycles. The molecule has 94 valence electrons. The molecule has 0 aromatic heterocycles. The molecule has 0 radical (unpaired) electrons. The largest absolute Gasteiger partial charge is 0.399 e. The van der Waals surface area contributed by atoms with Crippen molar-refractivity contribution in [2.24, 2.45) is 5.73 Å². The van der Waals surface area contributed by atoms with Crippen molar-refractivity contribution in [2.75, 3.05) is 12.3 Å². The number of nitrogens with one attached hydrogen (secondary N) is 1. The van der Waals surface area contributed by atoms with Gasteiger partial charge in [-0.3, -0.25) is 4.79 Å². The number of hydrogen-bond acceptors (Lipinski definition) is 3. The van der Waals surface area contributed by atoms with Gasteiger partial charge >= 0.3 is 0 Å². The van der Waals surface area contributed by atoms with E-state index in [2.05, 4.69) is 5.32 Å². The fraction of sp³-hybridized carbons (Fsp3) is 0.462. The first-order chi connectivity index (χ1) is 8.06. The SMILES string of the molecule is CCC(CC)(CN)NC(=O)c1cccc(N)c1. The molecule has 4 heteroatoms. The van der Waals surface area contributed by atoms with Crippen molar-refractivity contribution in [1.29, 1.82) is 0 Å². The molecule has 0 atom stereocenters. The van der Waals surface area contributed by atoms with Crippen LogP contribution in [0.15, 0.2) is 24.3 Å². The second-order valence-electron chi connectivity index (χ2n) is 4.27. The molecule has 5 N–H and O–H groups in total. The molecule has 1 rings (SSSR count). The zero-order valence-electron chi connectivity index (χ0n) is 10.5. The van der Waals surface area contributed by atoms with E-state index >= 15 is 0 Å². The third-order valence-corrected chi connectivity index (χ3v) is 3.27. The Labute approximate surface area is 102 Å². The Morgan fingerprint density at radius 1 is 1.35 bits per heavy atom. The molecule has 0 aliphatic heterocycles. The predicted octanol–water partition coefficient (Wildman–Crippen LogP) is 1.52. The van der Waals surface area contributed by atoms with Gasteiger partial charge in [-0.2, -0.15) is 0 Å². The van der Waals surface area contributed by atoms with Gasteiger partial charge in [-0.05, 0) is 31.0 Å². The molecule has 0 aliphatic carbocycles. The normalized spacial score (nSPS) is 11.2. The second-order valence-corrected chi connectivity index (χ2v) is 4.27. The van der Waals surface area contributed by atoms with E-state index in [1.807, 2.05) is 13.8 Å². The zero-order chi connectivity index (χ0) is 12.9. The Morgan fingerprint density at radius 2 is 2.00 bits per heavy atom. The average Bonchev–Trinajstić information content (AvgIpc) is 2.36. The monoisotopic (exact) mass is 235 g/mol. The van der Waals surface area contributed by atoms with Crippen LogP contribution in [-0.4, -0.2) is 18.0 Å². The molecular weight excluding hydrogens is 214 g/mol. The summed E-state index contributed by atoms with van der Waals surface area (Å²) < 4.78 is 0. The molecular formula is C13H21N3O. The van der Waals surface area contributed by atoms with E-state index in [1.54, 1.807) is 24.3 Å². The molecule has 4 nitrogen and oxygen atoms in total. The number of carbonyl (C=O) groups is 1. The fourth-order valence-corrected chi connectivity index (χ4v) is 1.76. The molecule has 0 aliphatic rings. The van der Waals surface area contributed by atoms with E-state index in [4.69, 9.17) is 11.5 Å². The standard InChI is InChI=1S/C13H21N3O/c1-3-13(4-2,9-14)16-12(17)10-6-5-7-11(15)8-10/h5-8H,3-4,9,14-15H2,1-2H3,(H,16,17). The summed E-state index contributed by atoms with van der Waals surface area (Å²) in [5.41, 5.74) is 12.2. The Bertz CT molecular complexity index is 378. The molecule has 0 fully saturated rings. The minimum atomic E-state index is -0.318. The van der Waals surface area contributed by atoms with Gasteiger partial charge in [-0.25, -0.2) is 0 Å². The maximum Gasteiger partial charge on any atom is 0.251 e. The highest BCUT2D eigenvalue weighted by Gasteiger charge is 2.26. The van der Waals surface area contributed by atoms with Gasteiger partial charge in [0.1, 0.15) is 0 Å². The van der Waals surface area contributed by atoms with Crippen molar-refractivity contribution in [3.8, 4) is 0 Å². The molecule has 1 aromatic carbocycles. The van der Waals surface area contributed by atoms with E-state index in [0.717, 1.165) is 12.8 Å². The lowest BCUT2D eigenvalue weighted by Gasteiger charge is -2.31. The van der Waals surface area contributed by atoms with Crippen LogP contribution in [0.2, 0.25) is 0 Å². The van der Waals surface area contributed by atoms with Gasteiger partial charge in [0.05, 0.1) is 5.54 Å².